The second-order valence-corrected chi connectivity index (χ2v) is 8.26. The van der Waals surface area contributed by atoms with E-state index in [1.807, 2.05) is 43.3 Å². The Labute approximate surface area is 210 Å². The number of hydrogen-bond donors (Lipinski definition) is 2. The van der Waals surface area contributed by atoms with Crippen LogP contribution in [0.2, 0.25) is 0 Å². The third-order valence-corrected chi connectivity index (χ3v) is 6.04. The van der Waals surface area contributed by atoms with Gasteiger partial charge in [-0.15, -0.1) is 4.91 Å². The predicted molar refractivity (Wildman–Crippen MR) is 135 cm³/mol. The van der Waals surface area contributed by atoms with Crippen molar-refractivity contribution in [3.63, 3.8) is 0 Å². The molecule has 0 bridgehead atoms. The molecule has 0 amide bonds. The molecule has 8 heteroatoms. The van der Waals surface area contributed by atoms with Crippen LogP contribution in [0.15, 0.2) is 82.1 Å². The largest absolute Gasteiger partial charge is 0.460 e. The molecule has 36 heavy (non-hydrogen) atoms. The quantitative estimate of drug-likeness (QED) is 0.238. The molecule has 0 aromatic heterocycles. The van der Waals surface area contributed by atoms with Gasteiger partial charge in [0.2, 0.25) is 0 Å². The molecular formula is C28H30N2O6. The molecule has 2 atom stereocenters. The molecule has 2 N–H and O–H groups in total. The van der Waals surface area contributed by atoms with Gasteiger partial charge in [-0.2, -0.15) is 5.26 Å². The highest BCUT2D eigenvalue weighted by Crippen LogP contribution is 2.44. The zero-order valence-electron chi connectivity index (χ0n) is 20.6. The maximum atomic E-state index is 13.6. The van der Waals surface area contributed by atoms with Crippen LogP contribution in [0.25, 0.3) is 0 Å². The molecule has 2 unspecified atom stereocenters. The van der Waals surface area contributed by atoms with Crippen LogP contribution >= 0.6 is 0 Å². The number of nitriles is 1. The average Bonchev–Trinajstić information content (AvgIpc) is 2.92. The van der Waals surface area contributed by atoms with E-state index in [0.717, 1.165) is 18.2 Å². The summed E-state index contributed by atoms with van der Waals surface area (Å²) in [6, 6.07) is 18.1. The zero-order chi connectivity index (χ0) is 26.7. The Morgan fingerprint density at radius 3 is 2.31 bits per heavy atom. The highest BCUT2D eigenvalue weighted by Gasteiger charge is 2.37. The van der Waals surface area contributed by atoms with Crippen LogP contribution in [-0.4, -0.2) is 42.3 Å². The predicted octanol–water partition coefficient (Wildman–Crippen LogP) is 4.62. The van der Waals surface area contributed by atoms with Gasteiger partial charge in [0, 0.05) is 30.6 Å². The number of Topliss-reactive ketones (excluding diaryl/α,β-unsaturated/α-hetero) is 1. The summed E-state index contributed by atoms with van der Waals surface area (Å²) in [4.78, 5) is 37.5. The Bertz CT molecular complexity index is 1180. The third-order valence-electron chi connectivity index (χ3n) is 6.04. The van der Waals surface area contributed by atoms with E-state index in [1.54, 1.807) is 12.1 Å². The first-order valence-corrected chi connectivity index (χ1v) is 11.5. The first kappa shape index (κ1) is 28.3. The zero-order valence-corrected chi connectivity index (χ0v) is 20.6. The summed E-state index contributed by atoms with van der Waals surface area (Å²) < 4.78 is 5.18. The average molecular weight is 491 g/mol. The fourth-order valence-corrected chi connectivity index (χ4v) is 4.46. The number of ether oxygens (including phenoxy) is 1. The number of aliphatic hydroxyl groups is 2. The molecule has 0 saturated carbocycles. The fraction of sp³-hybridized carbons (Fsp3) is 0.321. The lowest BCUT2D eigenvalue weighted by atomic mass is 9.71. The molecule has 2 aromatic carbocycles. The van der Waals surface area contributed by atoms with Crippen LogP contribution in [0.4, 0.5) is 5.69 Å². The summed E-state index contributed by atoms with van der Waals surface area (Å²) in [6.07, 6.45) is 0.895. The highest BCUT2D eigenvalue weighted by atomic mass is 16.5. The number of nitroso groups, excluding NO2 is 1. The molecular weight excluding hydrogens is 460 g/mol. The van der Waals surface area contributed by atoms with Crippen LogP contribution in [0.1, 0.15) is 49.7 Å². The molecule has 0 fully saturated rings. The summed E-state index contributed by atoms with van der Waals surface area (Å²) >= 11 is 0. The van der Waals surface area contributed by atoms with Crippen molar-refractivity contribution < 1.29 is 24.5 Å². The van der Waals surface area contributed by atoms with Crippen molar-refractivity contribution in [1.29, 1.82) is 5.26 Å². The second kappa shape index (κ2) is 13.8. The van der Waals surface area contributed by atoms with E-state index in [1.165, 1.54) is 19.1 Å². The van der Waals surface area contributed by atoms with Crippen LogP contribution < -0.4 is 0 Å². The van der Waals surface area contributed by atoms with Gasteiger partial charge in [0.05, 0.1) is 18.2 Å². The van der Waals surface area contributed by atoms with E-state index in [2.05, 4.69) is 5.18 Å². The van der Waals surface area contributed by atoms with Crippen LogP contribution in [-0.2, 0) is 14.3 Å². The smallest absolute Gasteiger partial charge is 0.336 e. The van der Waals surface area contributed by atoms with Gasteiger partial charge in [-0.3, -0.25) is 4.79 Å². The van der Waals surface area contributed by atoms with E-state index in [4.69, 9.17) is 14.9 Å². The van der Waals surface area contributed by atoms with Crippen molar-refractivity contribution in [2.75, 3.05) is 20.3 Å². The van der Waals surface area contributed by atoms with Gasteiger partial charge in [0.15, 0.2) is 5.78 Å². The highest BCUT2D eigenvalue weighted by molar-refractivity contribution is 6.03. The number of carbonyl (C=O) groups excluding carboxylic acids is 2. The molecule has 1 aliphatic rings. The topological polar surface area (TPSA) is 137 Å². The maximum Gasteiger partial charge on any atom is 0.336 e. The van der Waals surface area contributed by atoms with Crippen molar-refractivity contribution in [2.24, 2.45) is 5.18 Å². The number of carbonyl (C=O) groups is 2. The Hall–Kier alpha value is -3.93. The molecule has 0 aliphatic heterocycles. The van der Waals surface area contributed by atoms with Crippen molar-refractivity contribution >= 4 is 17.4 Å². The number of esters is 1. The molecule has 1 aliphatic carbocycles. The number of ketones is 1. The van der Waals surface area contributed by atoms with Gasteiger partial charge in [-0.1, -0.05) is 48.0 Å². The molecule has 3 rings (SSSR count). The summed E-state index contributed by atoms with van der Waals surface area (Å²) in [5, 5.41) is 28.7. The van der Waals surface area contributed by atoms with E-state index in [0.29, 0.717) is 17.6 Å². The minimum atomic E-state index is -0.851. The van der Waals surface area contributed by atoms with Gasteiger partial charge in [0.25, 0.3) is 0 Å². The Kier molecular flexibility index (Phi) is 10.9. The normalized spacial score (nSPS) is 16.7. The number of aliphatic hydroxyl groups excluding tert-OH is 2. The van der Waals surface area contributed by atoms with Crippen LogP contribution in [0.5, 0.6) is 0 Å². The van der Waals surface area contributed by atoms with E-state index < -0.39 is 11.9 Å². The molecule has 188 valence electrons. The van der Waals surface area contributed by atoms with E-state index in [9.17, 15) is 19.8 Å². The first-order valence-electron chi connectivity index (χ1n) is 11.5. The second-order valence-electron chi connectivity index (χ2n) is 8.26. The van der Waals surface area contributed by atoms with Crippen LogP contribution in [0, 0.1) is 16.2 Å². The SMILES string of the molecule is CC1=C(C(/C(C(=O)OCCO)=C(\C)C#N)c2ccc(N=O)cc2)C(=O)CC(c2ccccc2)C1.CO. The molecule has 0 heterocycles. The maximum absolute atomic E-state index is 13.6. The van der Waals surface area contributed by atoms with Crippen molar-refractivity contribution in [3.05, 3.63) is 92.9 Å². The molecule has 2 aromatic rings. The Morgan fingerprint density at radius 1 is 1.14 bits per heavy atom. The Balaban J connectivity index is 0.00000222. The molecule has 0 radical (unpaired) electrons. The lowest BCUT2D eigenvalue weighted by Gasteiger charge is -2.31. The molecule has 0 spiro atoms. The lowest BCUT2D eigenvalue weighted by Crippen LogP contribution is -2.27. The summed E-state index contributed by atoms with van der Waals surface area (Å²) in [5.74, 6) is -1.71. The summed E-state index contributed by atoms with van der Waals surface area (Å²) in [6.45, 7) is 2.77. The standard InChI is InChI=1S/C27H26N2O5.CH4O/c1-17-14-21(19-6-4-3-5-7-19)15-23(31)24(17)26(20-8-10-22(29-33)11-9-20)25(18(2)16-28)27(32)34-13-12-30;1-2/h3-11,21,26,30H,12-15H2,1-2H3;2H,1H3/b25-18-;. The number of hydrogen-bond acceptors (Lipinski definition) is 8. The molecule has 0 saturated heterocycles. The number of allylic oxidation sites excluding steroid dienone is 3. The minimum absolute atomic E-state index is 0.0190. The van der Waals surface area contributed by atoms with Crippen LogP contribution in [0.3, 0.4) is 0 Å². The number of nitrogens with zero attached hydrogens (tertiary/aromatic N) is 2. The first-order chi connectivity index (χ1) is 17.4. The molecule has 8 nitrogen and oxygen atoms in total. The fourth-order valence-electron chi connectivity index (χ4n) is 4.46. The Morgan fingerprint density at radius 2 is 1.78 bits per heavy atom. The lowest BCUT2D eigenvalue weighted by molar-refractivity contribution is -0.140. The van der Waals surface area contributed by atoms with E-state index >= 15 is 0 Å². The van der Waals surface area contributed by atoms with Gasteiger partial charge >= 0.3 is 5.97 Å². The van der Waals surface area contributed by atoms with Crippen molar-refractivity contribution in [1.82, 2.24) is 0 Å². The third kappa shape index (κ3) is 6.60. The minimum Gasteiger partial charge on any atom is -0.460 e. The van der Waals surface area contributed by atoms with Gasteiger partial charge in [-0.05, 0) is 54.6 Å². The van der Waals surface area contributed by atoms with Crippen molar-refractivity contribution in [3.8, 4) is 6.07 Å². The van der Waals surface area contributed by atoms with Gasteiger partial charge in [0.1, 0.15) is 12.3 Å². The van der Waals surface area contributed by atoms with E-state index in [-0.39, 0.29) is 48.2 Å². The summed E-state index contributed by atoms with van der Waals surface area (Å²) in [5.41, 5.74) is 3.28. The summed E-state index contributed by atoms with van der Waals surface area (Å²) in [7, 11) is 1.00. The number of benzene rings is 2. The van der Waals surface area contributed by atoms with Crippen molar-refractivity contribution in [2.45, 2.75) is 38.5 Å². The van der Waals surface area contributed by atoms with Gasteiger partial charge in [-0.25, -0.2) is 4.79 Å². The number of rotatable bonds is 8. The monoisotopic (exact) mass is 490 g/mol. The van der Waals surface area contributed by atoms with Gasteiger partial charge < -0.3 is 14.9 Å².